The lowest BCUT2D eigenvalue weighted by Crippen LogP contribution is -2.47. The van der Waals surface area contributed by atoms with Gasteiger partial charge < -0.3 is 15.7 Å². The van der Waals surface area contributed by atoms with E-state index in [0.29, 0.717) is 30.7 Å². The van der Waals surface area contributed by atoms with Crippen LogP contribution in [0.3, 0.4) is 0 Å². The molecule has 1 aliphatic heterocycles. The van der Waals surface area contributed by atoms with Crippen LogP contribution < -0.4 is 10.6 Å². The minimum absolute atomic E-state index is 0.102. The summed E-state index contributed by atoms with van der Waals surface area (Å²) in [6.07, 6.45) is -2.65. The molecule has 3 rings (SSSR count). The number of nitrogens with zero attached hydrogens (tertiary/aromatic N) is 5. The van der Waals surface area contributed by atoms with Crippen LogP contribution in [0, 0.1) is 17.6 Å². The van der Waals surface area contributed by atoms with Crippen LogP contribution in [0.25, 0.3) is 0 Å². The zero-order chi connectivity index (χ0) is 27.4. The Kier molecular flexibility index (Phi) is 7.95. The molecule has 1 aromatic heterocycles. The number of hydrogen-bond donors (Lipinski definition) is 2. The van der Waals surface area contributed by atoms with Crippen molar-refractivity contribution in [3.63, 3.8) is 0 Å². The number of benzene rings is 1. The zero-order valence-corrected chi connectivity index (χ0v) is 18.9. The fourth-order valence-electron chi connectivity index (χ4n) is 3.51. The van der Waals surface area contributed by atoms with Gasteiger partial charge in [0, 0.05) is 24.3 Å². The number of aliphatic hydroxyl groups is 1. The van der Waals surface area contributed by atoms with E-state index in [2.05, 4.69) is 25.3 Å². The Morgan fingerprint density at radius 1 is 1.16 bits per heavy atom. The summed E-state index contributed by atoms with van der Waals surface area (Å²) in [4.78, 5) is 10.7. The summed E-state index contributed by atoms with van der Waals surface area (Å²) in [6.45, 7) is 0.177. The van der Waals surface area contributed by atoms with Crippen LogP contribution in [0.5, 0.6) is 5.75 Å². The van der Waals surface area contributed by atoms with Gasteiger partial charge in [0.25, 0.3) is 0 Å². The van der Waals surface area contributed by atoms with Crippen molar-refractivity contribution in [1.82, 2.24) is 4.98 Å². The van der Waals surface area contributed by atoms with Crippen LogP contribution >= 0.6 is 0 Å². The largest absolute Gasteiger partial charge is 0.441 e. The average molecular weight is 532 g/mol. The summed E-state index contributed by atoms with van der Waals surface area (Å²) in [6, 6.07) is 3.40. The molecule has 8 nitrogen and oxygen atoms in total. The summed E-state index contributed by atoms with van der Waals surface area (Å²) >= 11 is 0. The molecule has 15 heteroatoms. The van der Waals surface area contributed by atoms with Gasteiger partial charge in [-0.05, 0) is 30.2 Å². The van der Waals surface area contributed by atoms with Crippen molar-refractivity contribution in [2.24, 2.45) is 32.1 Å². The van der Waals surface area contributed by atoms with Crippen molar-refractivity contribution in [2.45, 2.75) is 31.0 Å². The molecule has 0 spiro atoms. The predicted molar refractivity (Wildman–Crippen MR) is 117 cm³/mol. The van der Waals surface area contributed by atoms with Gasteiger partial charge in [-0.15, -0.1) is 5.11 Å². The first kappa shape index (κ1) is 27.7. The number of halogens is 7. The maximum atomic E-state index is 15.6. The van der Waals surface area contributed by atoms with E-state index >= 15 is 8.78 Å². The number of allylic oxidation sites excluding steroid dienone is 1. The SMILES string of the molecule is CC1CC(Oc2ccc(C(F)(F)C(O)(CN=CN=NN)c3ccc(F)cc3F)nc2)=NC=C1C(F)(F)F. The molecule has 3 N–H and O–H groups in total. The molecule has 0 saturated heterocycles. The van der Waals surface area contributed by atoms with Gasteiger partial charge in [-0.3, -0.25) is 9.98 Å². The first-order chi connectivity index (χ1) is 17.3. The highest BCUT2D eigenvalue weighted by molar-refractivity contribution is 5.80. The molecular formula is C22H19F7N6O2. The molecule has 0 radical (unpaired) electrons. The molecule has 37 heavy (non-hydrogen) atoms. The second-order valence-corrected chi connectivity index (χ2v) is 7.94. The van der Waals surface area contributed by atoms with Crippen molar-refractivity contribution < 1.29 is 40.6 Å². The van der Waals surface area contributed by atoms with Gasteiger partial charge in [-0.25, -0.2) is 13.8 Å². The van der Waals surface area contributed by atoms with Crippen LogP contribution in [0.15, 0.2) is 68.6 Å². The highest BCUT2D eigenvalue weighted by Gasteiger charge is 2.57. The van der Waals surface area contributed by atoms with Gasteiger partial charge >= 0.3 is 12.1 Å². The van der Waals surface area contributed by atoms with Gasteiger partial charge in [0.2, 0.25) is 0 Å². The molecule has 0 aliphatic carbocycles. The first-order valence-electron chi connectivity index (χ1n) is 10.4. The van der Waals surface area contributed by atoms with Gasteiger partial charge in [-0.1, -0.05) is 12.1 Å². The molecule has 0 amide bonds. The second kappa shape index (κ2) is 10.6. The Bertz CT molecular complexity index is 1250. The van der Waals surface area contributed by atoms with E-state index in [1.807, 2.05) is 0 Å². The number of aliphatic imine (C=N–C) groups is 2. The van der Waals surface area contributed by atoms with Crippen molar-refractivity contribution in [3.8, 4) is 5.75 Å². The summed E-state index contributed by atoms with van der Waals surface area (Å²) in [5, 5.41) is 17.0. The Morgan fingerprint density at radius 2 is 1.89 bits per heavy atom. The fourth-order valence-corrected chi connectivity index (χ4v) is 3.51. The van der Waals surface area contributed by atoms with Gasteiger partial charge in [-0.2, -0.15) is 22.0 Å². The minimum atomic E-state index is -4.55. The smallest absolute Gasteiger partial charge is 0.414 e. The van der Waals surface area contributed by atoms with E-state index in [0.717, 1.165) is 18.3 Å². The second-order valence-electron chi connectivity index (χ2n) is 7.94. The summed E-state index contributed by atoms with van der Waals surface area (Å²) in [5.41, 5.74) is -6.21. The third kappa shape index (κ3) is 5.93. The Hall–Kier alpha value is -3.88. The van der Waals surface area contributed by atoms with Crippen molar-refractivity contribution in [1.29, 1.82) is 0 Å². The number of nitrogens with two attached hydrogens (primary N) is 1. The average Bonchev–Trinajstić information content (AvgIpc) is 2.81. The predicted octanol–water partition coefficient (Wildman–Crippen LogP) is 4.96. The van der Waals surface area contributed by atoms with Crippen LogP contribution in [0.4, 0.5) is 30.7 Å². The maximum absolute atomic E-state index is 15.6. The van der Waals surface area contributed by atoms with Crippen LogP contribution in [0.2, 0.25) is 0 Å². The summed E-state index contributed by atoms with van der Waals surface area (Å²) < 4.78 is 103. The van der Waals surface area contributed by atoms with Crippen LogP contribution in [0.1, 0.15) is 24.6 Å². The standard InChI is InChI=1S/C22H19F7N6O2/c1-12-6-19(33-9-16(12)22(27,28)29)37-14-3-5-18(32-8-14)21(25,26)20(36,10-31-11-34-35-30)15-4-2-13(23)7-17(15)24/h2-5,7-9,11-12,36H,6,10H2,1H3,(H2,30,31,34). The number of pyridine rings is 1. The molecule has 2 atom stereocenters. The normalized spacial score (nSPS) is 18.6. The summed E-state index contributed by atoms with van der Waals surface area (Å²) in [5.74, 6) is -3.23. The number of rotatable bonds is 7. The molecule has 2 unspecified atom stereocenters. The third-order valence-corrected chi connectivity index (χ3v) is 5.40. The van der Waals surface area contributed by atoms with Crippen molar-refractivity contribution >= 4 is 12.2 Å². The quantitative estimate of drug-likeness (QED) is 0.131. The van der Waals surface area contributed by atoms with Crippen molar-refractivity contribution in [2.75, 3.05) is 6.54 Å². The van der Waals surface area contributed by atoms with E-state index in [-0.39, 0.29) is 18.1 Å². The lowest BCUT2D eigenvalue weighted by molar-refractivity contribution is -0.193. The van der Waals surface area contributed by atoms with Crippen LogP contribution in [-0.2, 0) is 11.5 Å². The highest BCUT2D eigenvalue weighted by Crippen LogP contribution is 2.46. The number of hydrogen-bond acceptors (Lipinski definition) is 6. The number of ether oxygens (including phenoxy) is 1. The molecule has 1 aliphatic rings. The number of aromatic nitrogens is 1. The summed E-state index contributed by atoms with van der Waals surface area (Å²) in [7, 11) is 0. The Labute approximate surface area is 205 Å². The van der Waals surface area contributed by atoms with E-state index in [1.165, 1.54) is 6.92 Å². The van der Waals surface area contributed by atoms with Gasteiger partial charge in [0.05, 0.1) is 18.3 Å². The molecule has 0 fully saturated rings. The maximum Gasteiger partial charge on any atom is 0.414 e. The topological polar surface area (TPSA) is 118 Å². The lowest BCUT2D eigenvalue weighted by atomic mass is 9.84. The minimum Gasteiger partial charge on any atom is -0.441 e. The molecule has 2 heterocycles. The lowest BCUT2D eigenvalue weighted by Gasteiger charge is -2.34. The third-order valence-electron chi connectivity index (χ3n) is 5.40. The fraction of sp³-hybridized carbons (Fsp3) is 0.318. The van der Waals surface area contributed by atoms with Crippen LogP contribution in [-0.4, -0.2) is 35.0 Å². The van der Waals surface area contributed by atoms with E-state index in [4.69, 9.17) is 10.6 Å². The zero-order valence-electron chi connectivity index (χ0n) is 18.9. The Morgan fingerprint density at radius 3 is 2.46 bits per heavy atom. The van der Waals surface area contributed by atoms with Crippen molar-refractivity contribution in [3.05, 3.63) is 71.2 Å². The van der Waals surface area contributed by atoms with E-state index in [9.17, 15) is 27.1 Å². The molecule has 0 bridgehead atoms. The monoisotopic (exact) mass is 532 g/mol. The molecule has 2 aromatic rings. The first-order valence-corrected chi connectivity index (χ1v) is 10.4. The molecular weight excluding hydrogens is 513 g/mol. The van der Waals surface area contributed by atoms with Gasteiger partial charge in [0.1, 0.15) is 29.4 Å². The highest BCUT2D eigenvalue weighted by atomic mass is 19.4. The van der Waals surface area contributed by atoms with E-state index < -0.39 is 58.6 Å². The molecule has 1 aromatic carbocycles. The molecule has 0 saturated carbocycles. The van der Waals surface area contributed by atoms with E-state index in [1.54, 1.807) is 0 Å². The Balaban J connectivity index is 1.91. The van der Waals surface area contributed by atoms with Gasteiger partial charge in [0.15, 0.2) is 11.5 Å². The molecule has 198 valence electrons. The number of alkyl halides is 5.